The highest BCUT2D eigenvalue weighted by molar-refractivity contribution is 5.63. The smallest absolute Gasteiger partial charge is 0.122 e. The van der Waals surface area contributed by atoms with Crippen LogP contribution in [0.25, 0.3) is 11.3 Å². The van der Waals surface area contributed by atoms with Gasteiger partial charge in [0, 0.05) is 26.8 Å². The second-order valence-corrected chi connectivity index (χ2v) is 4.59. The molecule has 4 nitrogen and oxygen atoms in total. The third-order valence-corrected chi connectivity index (χ3v) is 3.10. The van der Waals surface area contributed by atoms with E-state index in [-0.39, 0.29) is 0 Å². The van der Waals surface area contributed by atoms with E-state index < -0.39 is 0 Å². The Balaban J connectivity index is 2.31. The van der Waals surface area contributed by atoms with Crippen LogP contribution < -0.4 is 10.2 Å². The van der Waals surface area contributed by atoms with Crippen LogP contribution in [0.4, 0.5) is 5.69 Å². The molecule has 2 rings (SSSR count). The molecule has 0 saturated carbocycles. The predicted molar refractivity (Wildman–Crippen MR) is 75.7 cm³/mol. The first-order valence-electron chi connectivity index (χ1n) is 6.06. The molecule has 0 aliphatic rings. The summed E-state index contributed by atoms with van der Waals surface area (Å²) in [7, 11) is 8.07. The van der Waals surface area contributed by atoms with E-state index in [4.69, 9.17) is 0 Å². The summed E-state index contributed by atoms with van der Waals surface area (Å²) >= 11 is 0. The Bertz CT molecular complexity index is 511. The van der Waals surface area contributed by atoms with Crippen LogP contribution in [0.1, 0.15) is 5.82 Å². The monoisotopic (exact) mass is 244 g/mol. The van der Waals surface area contributed by atoms with Crippen molar-refractivity contribution in [1.82, 2.24) is 14.9 Å². The van der Waals surface area contributed by atoms with Gasteiger partial charge in [0.1, 0.15) is 5.82 Å². The molecule has 0 aliphatic carbocycles. The molecule has 2 aromatic rings. The second-order valence-electron chi connectivity index (χ2n) is 4.59. The molecule has 4 heteroatoms. The fraction of sp³-hybridized carbons (Fsp3) is 0.357. The van der Waals surface area contributed by atoms with Crippen molar-refractivity contribution in [3.8, 4) is 11.3 Å². The summed E-state index contributed by atoms with van der Waals surface area (Å²) in [6.07, 6.45) is 1.93. The van der Waals surface area contributed by atoms with E-state index in [9.17, 15) is 0 Å². The van der Waals surface area contributed by atoms with Crippen molar-refractivity contribution in [2.45, 2.75) is 6.54 Å². The van der Waals surface area contributed by atoms with Crippen LogP contribution in [-0.2, 0) is 13.6 Å². The lowest BCUT2D eigenvalue weighted by molar-refractivity contribution is 0.712. The maximum Gasteiger partial charge on any atom is 0.122 e. The van der Waals surface area contributed by atoms with E-state index >= 15 is 0 Å². The van der Waals surface area contributed by atoms with E-state index in [1.165, 1.54) is 11.3 Å². The Morgan fingerprint density at radius 2 is 1.89 bits per heavy atom. The average Bonchev–Trinajstić information content (AvgIpc) is 2.72. The Morgan fingerprint density at radius 1 is 1.22 bits per heavy atom. The minimum Gasteiger partial charge on any atom is -0.378 e. The van der Waals surface area contributed by atoms with Crippen molar-refractivity contribution in [2.75, 3.05) is 26.0 Å². The summed E-state index contributed by atoms with van der Waals surface area (Å²) in [5.41, 5.74) is 3.54. The molecule has 1 aromatic heterocycles. The molecule has 1 aromatic carbocycles. The standard InChI is InChI=1S/C14H20N4/c1-15-10-14-16-9-13(18(14)4)11-5-7-12(8-6-11)17(2)3/h5-9,15H,10H2,1-4H3. The lowest BCUT2D eigenvalue weighted by Crippen LogP contribution is -2.10. The number of benzene rings is 1. The first kappa shape index (κ1) is 12.6. The summed E-state index contributed by atoms with van der Waals surface area (Å²) in [5, 5.41) is 3.12. The number of nitrogens with zero attached hydrogens (tertiary/aromatic N) is 3. The number of nitrogens with one attached hydrogen (secondary N) is 1. The van der Waals surface area contributed by atoms with E-state index in [0.29, 0.717) is 0 Å². The van der Waals surface area contributed by atoms with E-state index in [0.717, 1.165) is 18.1 Å². The van der Waals surface area contributed by atoms with Gasteiger partial charge in [-0.3, -0.25) is 0 Å². The molecule has 0 bridgehead atoms. The summed E-state index contributed by atoms with van der Waals surface area (Å²) in [6, 6.07) is 8.52. The molecule has 0 fully saturated rings. The first-order valence-corrected chi connectivity index (χ1v) is 6.06. The quantitative estimate of drug-likeness (QED) is 0.891. The molecule has 0 amide bonds. The third-order valence-electron chi connectivity index (χ3n) is 3.10. The lowest BCUT2D eigenvalue weighted by atomic mass is 10.1. The zero-order valence-electron chi connectivity index (χ0n) is 11.4. The molecule has 18 heavy (non-hydrogen) atoms. The highest BCUT2D eigenvalue weighted by atomic mass is 15.1. The van der Waals surface area contributed by atoms with Gasteiger partial charge in [-0.25, -0.2) is 4.98 Å². The van der Waals surface area contributed by atoms with Crippen molar-refractivity contribution in [1.29, 1.82) is 0 Å². The zero-order valence-corrected chi connectivity index (χ0v) is 11.4. The molecule has 96 valence electrons. The Morgan fingerprint density at radius 3 is 2.44 bits per heavy atom. The van der Waals surface area contributed by atoms with E-state index in [1.54, 1.807) is 0 Å². The van der Waals surface area contributed by atoms with Gasteiger partial charge >= 0.3 is 0 Å². The topological polar surface area (TPSA) is 33.1 Å². The number of imidazole rings is 1. The lowest BCUT2D eigenvalue weighted by Gasteiger charge is -2.13. The van der Waals surface area contributed by atoms with Gasteiger partial charge in [0.05, 0.1) is 18.4 Å². The second kappa shape index (κ2) is 5.23. The Kier molecular flexibility index (Phi) is 3.67. The third kappa shape index (κ3) is 2.38. The largest absolute Gasteiger partial charge is 0.378 e. The van der Waals surface area contributed by atoms with Crippen LogP contribution >= 0.6 is 0 Å². The molecule has 0 aliphatic heterocycles. The predicted octanol–water partition coefficient (Wildman–Crippen LogP) is 1.87. The summed E-state index contributed by atoms with van der Waals surface area (Å²) < 4.78 is 2.13. The maximum atomic E-state index is 4.43. The molecule has 0 unspecified atom stereocenters. The molecular weight excluding hydrogens is 224 g/mol. The van der Waals surface area contributed by atoms with Gasteiger partial charge in [0.2, 0.25) is 0 Å². The number of rotatable bonds is 4. The maximum absolute atomic E-state index is 4.43. The Hall–Kier alpha value is -1.81. The van der Waals surface area contributed by atoms with Gasteiger partial charge in [0.15, 0.2) is 0 Å². The number of anilines is 1. The SMILES string of the molecule is CNCc1ncc(-c2ccc(N(C)C)cc2)n1C. The average molecular weight is 244 g/mol. The van der Waals surface area contributed by atoms with Gasteiger partial charge in [0.25, 0.3) is 0 Å². The molecular formula is C14H20N4. The fourth-order valence-corrected chi connectivity index (χ4v) is 1.97. The van der Waals surface area contributed by atoms with Crippen molar-refractivity contribution >= 4 is 5.69 Å². The molecule has 0 radical (unpaired) electrons. The van der Waals surface area contributed by atoms with E-state index in [2.05, 4.69) is 51.1 Å². The van der Waals surface area contributed by atoms with Crippen molar-refractivity contribution < 1.29 is 0 Å². The van der Waals surface area contributed by atoms with Crippen LogP contribution in [0.3, 0.4) is 0 Å². The van der Waals surface area contributed by atoms with Crippen LogP contribution in [0.5, 0.6) is 0 Å². The minimum atomic E-state index is 0.784. The minimum absolute atomic E-state index is 0.784. The highest BCUT2D eigenvalue weighted by Crippen LogP contribution is 2.22. The van der Waals surface area contributed by atoms with Crippen LogP contribution in [0, 0.1) is 0 Å². The molecule has 0 saturated heterocycles. The van der Waals surface area contributed by atoms with Crippen LogP contribution in [0.15, 0.2) is 30.5 Å². The van der Waals surface area contributed by atoms with Crippen LogP contribution in [0.2, 0.25) is 0 Å². The van der Waals surface area contributed by atoms with Gasteiger partial charge in [-0.15, -0.1) is 0 Å². The van der Waals surface area contributed by atoms with Gasteiger partial charge in [-0.2, -0.15) is 0 Å². The van der Waals surface area contributed by atoms with Crippen LogP contribution in [-0.4, -0.2) is 30.7 Å². The Labute approximate surface area is 108 Å². The number of aromatic nitrogens is 2. The van der Waals surface area contributed by atoms with Crippen molar-refractivity contribution in [3.63, 3.8) is 0 Å². The summed E-state index contributed by atoms with van der Waals surface area (Å²) in [4.78, 5) is 6.53. The summed E-state index contributed by atoms with van der Waals surface area (Å²) in [6.45, 7) is 0.784. The zero-order chi connectivity index (χ0) is 13.1. The normalized spacial score (nSPS) is 10.7. The number of hydrogen-bond acceptors (Lipinski definition) is 3. The molecule has 1 N–H and O–H groups in total. The summed E-state index contributed by atoms with van der Waals surface area (Å²) in [5.74, 6) is 1.05. The van der Waals surface area contributed by atoms with Gasteiger partial charge < -0.3 is 14.8 Å². The highest BCUT2D eigenvalue weighted by Gasteiger charge is 2.07. The van der Waals surface area contributed by atoms with Gasteiger partial charge in [-0.05, 0) is 24.7 Å². The molecule has 0 spiro atoms. The number of hydrogen-bond donors (Lipinski definition) is 1. The fourth-order valence-electron chi connectivity index (χ4n) is 1.97. The van der Waals surface area contributed by atoms with Crippen molar-refractivity contribution in [2.24, 2.45) is 7.05 Å². The molecule has 0 atom stereocenters. The van der Waals surface area contributed by atoms with Crippen molar-refractivity contribution in [3.05, 3.63) is 36.3 Å². The molecule has 1 heterocycles. The van der Waals surface area contributed by atoms with Gasteiger partial charge in [-0.1, -0.05) is 12.1 Å². The first-order chi connectivity index (χ1) is 8.63. The van der Waals surface area contributed by atoms with E-state index in [1.807, 2.05) is 27.3 Å².